The van der Waals surface area contributed by atoms with Gasteiger partial charge in [-0.05, 0) is 6.92 Å². The Hall–Kier alpha value is -1.62. The molecule has 5 heteroatoms. The van der Waals surface area contributed by atoms with Crippen LogP contribution in [-0.2, 0) is 13.6 Å². The summed E-state index contributed by atoms with van der Waals surface area (Å²) in [5.74, 6) is 0.658. The van der Waals surface area contributed by atoms with Crippen LogP contribution < -0.4 is 0 Å². The molecule has 2 heterocycles. The van der Waals surface area contributed by atoms with Crippen molar-refractivity contribution < 1.29 is 5.11 Å². The van der Waals surface area contributed by atoms with Crippen LogP contribution in [0.15, 0.2) is 24.8 Å². The van der Waals surface area contributed by atoms with Crippen LogP contribution in [0.2, 0.25) is 0 Å². The second-order valence-electron chi connectivity index (χ2n) is 3.42. The highest BCUT2D eigenvalue weighted by Gasteiger charge is 2.16. The summed E-state index contributed by atoms with van der Waals surface area (Å²) < 4.78 is 3.58. The van der Waals surface area contributed by atoms with E-state index in [1.54, 1.807) is 23.3 Å². The molecular weight excluding hydrogens is 192 g/mol. The standard InChI is InChI=1S/C10H14N4O/c1-3-14-5-4-11-10(14)9(15)8-6-12-13(2)7-8/h4-7,9,15H,3H2,1-2H3. The summed E-state index contributed by atoms with van der Waals surface area (Å²) in [5, 5.41) is 14.1. The molecule has 2 aromatic heterocycles. The molecule has 0 saturated carbocycles. The van der Waals surface area contributed by atoms with E-state index in [4.69, 9.17) is 0 Å². The van der Waals surface area contributed by atoms with Gasteiger partial charge in [-0.2, -0.15) is 5.10 Å². The first kappa shape index (κ1) is 9.92. The minimum atomic E-state index is -0.700. The lowest BCUT2D eigenvalue weighted by Gasteiger charge is -2.09. The number of hydrogen-bond acceptors (Lipinski definition) is 3. The van der Waals surface area contributed by atoms with Crippen LogP contribution >= 0.6 is 0 Å². The summed E-state index contributed by atoms with van der Waals surface area (Å²) in [5.41, 5.74) is 0.762. The number of aryl methyl sites for hydroxylation is 2. The molecule has 0 aliphatic heterocycles. The zero-order chi connectivity index (χ0) is 10.8. The monoisotopic (exact) mass is 206 g/mol. The predicted octanol–water partition coefficient (Wildman–Crippen LogP) is 0.718. The Bertz CT molecular complexity index is 446. The highest BCUT2D eigenvalue weighted by Crippen LogP contribution is 2.19. The van der Waals surface area contributed by atoms with Gasteiger partial charge in [0.1, 0.15) is 11.9 Å². The molecule has 0 amide bonds. The van der Waals surface area contributed by atoms with E-state index in [1.165, 1.54) is 0 Å². The third-order valence-corrected chi connectivity index (χ3v) is 2.37. The molecule has 2 aromatic rings. The molecule has 0 aliphatic carbocycles. The molecule has 0 spiro atoms. The fourth-order valence-corrected chi connectivity index (χ4v) is 1.57. The topological polar surface area (TPSA) is 55.9 Å². The van der Waals surface area contributed by atoms with Gasteiger partial charge < -0.3 is 9.67 Å². The van der Waals surface area contributed by atoms with Crippen LogP contribution in [0, 0.1) is 0 Å². The second-order valence-corrected chi connectivity index (χ2v) is 3.42. The molecule has 2 rings (SSSR count). The average molecular weight is 206 g/mol. The number of aliphatic hydroxyl groups excluding tert-OH is 1. The molecule has 0 aliphatic rings. The van der Waals surface area contributed by atoms with Crippen molar-refractivity contribution in [1.82, 2.24) is 19.3 Å². The van der Waals surface area contributed by atoms with Gasteiger partial charge in [-0.25, -0.2) is 4.98 Å². The fourth-order valence-electron chi connectivity index (χ4n) is 1.57. The zero-order valence-corrected chi connectivity index (χ0v) is 8.83. The average Bonchev–Trinajstić information content (AvgIpc) is 2.84. The summed E-state index contributed by atoms with van der Waals surface area (Å²) >= 11 is 0. The number of rotatable bonds is 3. The molecule has 1 unspecified atom stereocenters. The molecule has 0 aromatic carbocycles. The maximum Gasteiger partial charge on any atom is 0.142 e. The first-order valence-electron chi connectivity index (χ1n) is 4.90. The lowest BCUT2D eigenvalue weighted by molar-refractivity contribution is 0.204. The first-order valence-corrected chi connectivity index (χ1v) is 4.90. The van der Waals surface area contributed by atoms with Gasteiger partial charge in [0.2, 0.25) is 0 Å². The van der Waals surface area contributed by atoms with E-state index in [0.29, 0.717) is 5.82 Å². The Morgan fingerprint density at radius 3 is 2.93 bits per heavy atom. The van der Waals surface area contributed by atoms with E-state index in [2.05, 4.69) is 10.1 Å². The lowest BCUT2D eigenvalue weighted by atomic mass is 10.2. The van der Waals surface area contributed by atoms with Gasteiger partial charge in [0, 0.05) is 37.7 Å². The van der Waals surface area contributed by atoms with Gasteiger partial charge in [0.05, 0.1) is 6.20 Å². The largest absolute Gasteiger partial charge is 0.380 e. The molecule has 80 valence electrons. The molecule has 1 N–H and O–H groups in total. The molecule has 0 radical (unpaired) electrons. The van der Waals surface area contributed by atoms with E-state index in [9.17, 15) is 5.11 Å². The molecule has 5 nitrogen and oxygen atoms in total. The van der Waals surface area contributed by atoms with Crippen LogP contribution in [0.5, 0.6) is 0 Å². The van der Waals surface area contributed by atoms with Crippen molar-refractivity contribution in [1.29, 1.82) is 0 Å². The van der Waals surface area contributed by atoms with Gasteiger partial charge in [-0.15, -0.1) is 0 Å². The summed E-state index contributed by atoms with van der Waals surface area (Å²) in [6.45, 7) is 2.81. The quantitative estimate of drug-likeness (QED) is 0.805. The van der Waals surface area contributed by atoms with Crippen molar-refractivity contribution in [2.75, 3.05) is 0 Å². The van der Waals surface area contributed by atoms with Gasteiger partial charge in [0.25, 0.3) is 0 Å². The highest BCUT2D eigenvalue weighted by molar-refractivity contribution is 5.17. The molecular formula is C10H14N4O. The SMILES string of the molecule is CCn1ccnc1C(O)c1cnn(C)c1. The number of nitrogens with zero attached hydrogens (tertiary/aromatic N) is 4. The Morgan fingerprint density at radius 2 is 2.33 bits per heavy atom. The molecule has 1 atom stereocenters. The molecule has 0 bridgehead atoms. The minimum absolute atomic E-state index is 0.658. The summed E-state index contributed by atoms with van der Waals surface area (Å²) in [7, 11) is 1.82. The maximum atomic E-state index is 10.1. The van der Waals surface area contributed by atoms with Crippen molar-refractivity contribution >= 4 is 0 Å². The van der Waals surface area contributed by atoms with E-state index in [1.807, 2.05) is 24.7 Å². The Kier molecular flexibility index (Phi) is 2.55. The minimum Gasteiger partial charge on any atom is -0.380 e. The third-order valence-electron chi connectivity index (χ3n) is 2.37. The van der Waals surface area contributed by atoms with Crippen molar-refractivity contribution in [3.8, 4) is 0 Å². The molecule has 0 fully saturated rings. The summed E-state index contributed by atoms with van der Waals surface area (Å²) in [6, 6.07) is 0. The second kappa shape index (κ2) is 3.86. The predicted molar refractivity (Wildman–Crippen MR) is 55.2 cm³/mol. The van der Waals surface area contributed by atoms with E-state index >= 15 is 0 Å². The van der Waals surface area contributed by atoms with E-state index in [-0.39, 0.29) is 0 Å². The van der Waals surface area contributed by atoms with Gasteiger partial charge in [0.15, 0.2) is 0 Å². The third kappa shape index (κ3) is 1.78. The number of aromatic nitrogens is 4. The first-order chi connectivity index (χ1) is 7.22. The van der Waals surface area contributed by atoms with Crippen LogP contribution in [0.4, 0.5) is 0 Å². The summed E-state index contributed by atoms with van der Waals surface area (Å²) in [4.78, 5) is 4.15. The molecule has 0 saturated heterocycles. The Morgan fingerprint density at radius 1 is 1.53 bits per heavy atom. The van der Waals surface area contributed by atoms with Crippen molar-refractivity contribution in [3.05, 3.63) is 36.2 Å². The highest BCUT2D eigenvalue weighted by atomic mass is 16.3. The zero-order valence-electron chi connectivity index (χ0n) is 8.83. The van der Waals surface area contributed by atoms with Crippen LogP contribution in [0.25, 0.3) is 0 Å². The van der Waals surface area contributed by atoms with Crippen LogP contribution in [0.3, 0.4) is 0 Å². The number of aliphatic hydroxyl groups is 1. The van der Waals surface area contributed by atoms with Crippen molar-refractivity contribution in [2.24, 2.45) is 7.05 Å². The van der Waals surface area contributed by atoms with Gasteiger partial charge >= 0.3 is 0 Å². The maximum absolute atomic E-state index is 10.1. The summed E-state index contributed by atoms with van der Waals surface area (Å²) in [6.07, 6.45) is 6.29. The van der Waals surface area contributed by atoms with Crippen molar-refractivity contribution in [3.63, 3.8) is 0 Å². The van der Waals surface area contributed by atoms with Crippen LogP contribution in [0.1, 0.15) is 24.4 Å². The Balaban J connectivity index is 2.31. The number of imidazole rings is 1. The number of hydrogen-bond donors (Lipinski definition) is 1. The van der Waals surface area contributed by atoms with Gasteiger partial charge in [-0.3, -0.25) is 4.68 Å². The smallest absolute Gasteiger partial charge is 0.142 e. The Labute approximate surface area is 88.0 Å². The van der Waals surface area contributed by atoms with Crippen LogP contribution in [-0.4, -0.2) is 24.4 Å². The van der Waals surface area contributed by atoms with E-state index in [0.717, 1.165) is 12.1 Å². The van der Waals surface area contributed by atoms with Crippen molar-refractivity contribution in [2.45, 2.75) is 19.6 Å². The van der Waals surface area contributed by atoms with Gasteiger partial charge in [-0.1, -0.05) is 0 Å². The van der Waals surface area contributed by atoms with E-state index < -0.39 is 6.10 Å². The normalized spacial score (nSPS) is 13.0. The fraction of sp³-hybridized carbons (Fsp3) is 0.400. The lowest BCUT2D eigenvalue weighted by Crippen LogP contribution is -2.08. The molecule has 15 heavy (non-hydrogen) atoms.